The number of nitrogens with zero attached hydrogens (tertiary/aromatic N) is 3. The summed E-state index contributed by atoms with van der Waals surface area (Å²) in [5.74, 6) is 0. The molecule has 2 aromatic heterocycles. The van der Waals surface area contributed by atoms with Crippen LogP contribution in [0.25, 0.3) is 5.65 Å². The zero-order valence-corrected chi connectivity index (χ0v) is 5.65. The molecule has 0 bridgehead atoms. The van der Waals surface area contributed by atoms with Gasteiger partial charge in [-0.25, -0.2) is 9.50 Å². The van der Waals surface area contributed by atoms with Crippen molar-refractivity contribution in [3.63, 3.8) is 0 Å². The molecule has 0 fully saturated rings. The Labute approximate surface area is 65.7 Å². The van der Waals surface area contributed by atoms with Gasteiger partial charge >= 0.3 is 0 Å². The van der Waals surface area contributed by atoms with Crippen molar-refractivity contribution in [2.75, 3.05) is 0 Å². The average Bonchev–Trinajstić information content (AvgIpc) is 2.33. The maximum Gasteiger partial charge on any atom is 0.154 e. The highest BCUT2D eigenvalue weighted by Crippen LogP contribution is 1.98. The molecule has 11 heavy (non-hydrogen) atoms. The van der Waals surface area contributed by atoms with E-state index in [0.29, 0.717) is 0 Å². The summed E-state index contributed by atoms with van der Waals surface area (Å²) < 4.78 is 1.76. The molecule has 0 aromatic carbocycles. The molecule has 0 aliphatic heterocycles. The average molecular weight is 149 g/mol. The highest BCUT2D eigenvalue weighted by Gasteiger charge is 1.91. The predicted octanol–water partition coefficient (Wildman–Crippen LogP) is 1.67. The summed E-state index contributed by atoms with van der Waals surface area (Å²) >= 11 is 0. The van der Waals surface area contributed by atoms with Gasteiger partial charge in [0, 0.05) is 18.5 Å². The molecule has 0 aliphatic rings. The van der Waals surface area contributed by atoms with E-state index < -0.39 is 0 Å². The SMILES string of the molecule is C.Cc1cnc2ccnn2c1. The minimum Gasteiger partial charge on any atom is -0.237 e. The van der Waals surface area contributed by atoms with Crippen molar-refractivity contribution in [2.24, 2.45) is 0 Å². The summed E-state index contributed by atoms with van der Waals surface area (Å²) in [7, 11) is 0. The quantitative estimate of drug-likeness (QED) is 0.570. The third-order valence-corrected chi connectivity index (χ3v) is 1.38. The summed E-state index contributed by atoms with van der Waals surface area (Å²) in [6.07, 6.45) is 5.52. The fraction of sp³-hybridized carbons (Fsp3) is 0.250. The Hall–Kier alpha value is -1.38. The Morgan fingerprint density at radius 1 is 1.45 bits per heavy atom. The third-order valence-electron chi connectivity index (χ3n) is 1.38. The number of hydrogen-bond acceptors (Lipinski definition) is 2. The van der Waals surface area contributed by atoms with Crippen LogP contribution in [0.15, 0.2) is 24.7 Å². The minimum atomic E-state index is 0. The Kier molecular flexibility index (Phi) is 1.89. The zero-order valence-electron chi connectivity index (χ0n) is 5.65. The van der Waals surface area contributed by atoms with Gasteiger partial charge in [-0.3, -0.25) is 0 Å². The van der Waals surface area contributed by atoms with Crippen LogP contribution in [0.1, 0.15) is 13.0 Å². The molecule has 0 aliphatic carbocycles. The molecule has 2 aromatic rings. The van der Waals surface area contributed by atoms with Gasteiger partial charge in [-0.1, -0.05) is 7.43 Å². The molecule has 0 N–H and O–H groups in total. The number of aromatic nitrogens is 3. The summed E-state index contributed by atoms with van der Waals surface area (Å²) in [6.45, 7) is 1.99. The molecule has 0 atom stereocenters. The Balaban J connectivity index is 0.000000605. The van der Waals surface area contributed by atoms with Crippen LogP contribution in [0.2, 0.25) is 0 Å². The first-order chi connectivity index (χ1) is 4.86. The summed E-state index contributed by atoms with van der Waals surface area (Å²) in [6, 6.07) is 1.87. The zero-order chi connectivity index (χ0) is 6.97. The van der Waals surface area contributed by atoms with E-state index in [-0.39, 0.29) is 7.43 Å². The highest BCUT2D eigenvalue weighted by molar-refractivity contribution is 5.35. The lowest BCUT2D eigenvalue weighted by Gasteiger charge is -1.91. The molecule has 0 saturated heterocycles. The van der Waals surface area contributed by atoms with E-state index in [2.05, 4.69) is 10.1 Å². The van der Waals surface area contributed by atoms with Crippen molar-refractivity contribution < 1.29 is 0 Å². The van der Waals surface area contributed by atoms with Crippen LogP contribution in [0, 0.1) is 6.92 Å². The topological polar surface area (TPSA) is 30.2 Å². The van der Waals surface area contributed by atoms with Crippen molar-refractivity contribution >= 4 is 5.65 Å². The van der Waals surface area contributed by atoms with Gasteiger partial charge in [0.15, 0.2) is 5.65 Å². The lowest BCUT2D eigenvalue weighted by atomic mass is 10.4. The summed E-state index contributed by atoms with van der Waals surface area (Å²) in [5.41, 5.74) is 2.02. The van der Waals surface area contributed by atoms with Gasteiger partial charge in [-0.05, 0) is 12.5 Å². The Bertz CT molecular complexity index is 351. The molecule has 0 radical (unpaired) electrons. The number of hydrogen-bond donors (Lipinski definition) is 0. The van der Waals surface area contributed by atoms with Gasteiger partial charge in [0.25, 0.3) is 0 Å². The van der Waals surface area contributed by atoms with Crippen LogP contribution in [0.4, 0.5) is 0 Å². The normalized spacial score (nSPS) is 9.55. The second-order valence-corrected chi connectivity index (χ2v) is 2.27. The Morgan fingerprint density at radius 3 is 3.09 bits per heavy atom. The van der Waals surface area contributed by atoms with Crippen LogP contribution in [0.3, 0.4) is 0 Å². The molecule has 0 saturated carbocycles. The minimum absolute atomic E-state index is 0. The largest absolute Gasteiger partial charge is 0.237 e. The van der Waals surface area contributed by atoms with Gasteiger partial charge < -0.3 is 0 Å². The van der Waals surface area contributed by atoms with Crippen LogP contribution >= 0.6 is 0 Å². The molecule has 2 heterocycles. The first-order valence-corrected chi connectivity index (χ1v) is 3.12. The van der Waals surface area contributed by atoms with Crippen molar-refractivity contribution in [3.8, 4) is 0 Å². The lowest BCUT2D eigenvalue weighted by molar-refractivity contribution is 0.928. The molecular weight excluding hydrogens is 138 g/mol. The van der Waals surface area contributed by atoms with E-state index >= 15 is 0 Å². The number of aryl methyl sites for hydroxylation is 1. The second kappa shape index (κ2) is 2.70. The lowest BCUT2D eigenvalue weighted by Crippen LogP contribution is -1.89. The Morgan fingerprint density at radius 2 is 2.27 bits per heavy atom. The van der Waals surface area contributed by atoms with Crippen LogP contribution < -0.4 is 0 Å². The van der Waals surface area contributed by atoms with Crippen molar-refractivity contribution in [2.45, 2.75) is 14.4 Å². The maximum atomic E-state index is 4.14. The molecule has 3 nitrogen and oxygen atoms in total. The van der Waals surface area contributed by atoms with E-state index in [9.17, 15) is 0 Å². The van der Waals surface area contributed by atoms with Crippen LogP contribution in [0.5, 0.6) is 0 Å². The van der Waals surface area contributed by atoms with E-state index in [1.54, 1.807) is 10.7 Å². The number of rotatable bonds is 0. The summed E-state index contributed by atoms with van der Waals surface area (Å²) in [4.78, 5) is 4.14. The fourth-order valence-corrected chi connectivity index (χ4v) is 0.903. The van der Waals surface area contributed by atoms with E-state index in [0.717, 1.165) is 11.2 Å². The molecule has 2 rings (SSSR count). The van der Waals surface area contributed by atoms with E-state index in [4.69, 9.17) is 0 Å². The van der Waals surface area contributed by atoms with E-state index in [1.807, 2.05) is 25.4 Å². The van der Waals surface area contributed by atoms with Gasteiger partial charge in [0.2, 0.25) is 0 Å². The first kappa shape index (κ1) is 7.72. The van der Waals surface area contributed by atoms with E-state index in [1.165, 1.54) is 0 Å². The molecule has 0 spiro atoms. The molecule has 0 amide bonds. The molecular formula is C8H11N3. The van der Waals surface area contributed by atoms with Crippen LogP contribution in [-0.4, -0.2) is 14.6 Å². The highest BCUT2D eigenvalue weighted by atomic mass is 15.2. The fourth-order valence-electron chi connectivity index (χ4n) is 0.903. The number of fused-ring (bicyclic) bond motifs is 1. The predicted molar refractivity (Wildman–Crippen MR) is 44.5 cm³/mol. The van der Waals surface area contributed by atoms with Crippen molar-refractivity contribution in [3.05, 3.63) is 30.2 Å². The second-order valence-electron chi connectivity index (χ2n) is 2.27. The van der Waals surface area contributed by atoms with Crippen LogP contribution in [-0.2, 0) is 0 Å². The maximum absolute atomic E-state index is 4.14. The third kappa shape index (κ3) is 1.22. The van der Waals surface area contributed by atoms with Gasteiger partial charge in [-0.15, -0.1) is 0 Å². The van der Waals surface area contributed by atoms with Gasteiger partial charge in [0.05, 0.1) is 6.20 Å². The van der Waals surface area contributed by atoms with Crippen molar-refractivity contribution in [1.82, 2.24) is 14.6 Å². The monoisotopic (exact) mass is 149 g/mol. The first-order valence-electron chi connectivity index (χ1n) is 3.12. The van der Waals surface area contributed by atoms with Gasteiger partial charge in [-0.2, -0.15) is 5.10 Å². The van der Waals surface area contributed by atoms with Crippen molar-refractivity contribution in [1.29, 1.82) is 0 Å². The molecule has 58 valence electrons. The molecule has 0 unspecified atom stereocenters. The standard InChI is InChI=1S/C7H7N3.CH4/c1-6-4-8-7-2-3-9-10(7)5-6;/h2-5H,1H3;1H4. The van der Waals surface area contributed by atoms with Gasteiger partial charge in [0.1, 0.15) is 0 Å². The molecule has 3 heteroatoms. The smallest absolute Gasteiger partial charge is 0.154 e. The summed E-state index contributed by atoms with van der Waals surface area (Å²) in [5, 5.41) is 4.03.